The molecule has 1 aliphatic heterocycles. The van der Waals surface area contributed by atoms with Gasteiger partial charge in [0.15, 0.2) is 0 Å². The van der Waals surface area contributed by atoms with Crippen LogP contribution in [0.2, 0.25) is 0 Å². The summed E-state index contributed by atoms with van der Waals surface area (Å²) >= 11 is 0. The molecular formula is C15H25NO4. The summed E-state index contributed by atoms with van der Waals surface area (Å²) in [6.07, 6.45) is 3.09. The lowest BCUT2D eigenvalue weighted by atomic mass is 9.94. The van der Waals surface area contributed by atoms with Gasteiger partial charge >= 0.3 is 5.97 Å². The summed E-state index contributed by atoms with van der Waals surface area (Å²) in [6.45, 7) is 4.69. The van der Waals surface area contributed by atoms with Crippen LogP contribution in [0.15, 0.2) is 0 Å². The van der Waals surface area contributed by atoms with Gasteiger partial charge in [0, 0.05) is 6.54 Å². The number of likely N-dealkylation sites (tertiary alicyclic amines) is 1. The molecule has 1 heterocycles. The first-order valence-corrected chi connectivity index (χ1v) is 7.63. The van der Waals surface area contributed by atoms with Crippen LogP contribution in [0.4, 0.5) is 0 Å². The third kappa shape index (κ3) is 2.68. The number of carbonyl (C=O) groups is 2. The van der Waals surface area contributed by atoms with Crippen LogP contribution in [0.5, 0.6) is 0 Å². The molecule has 0 aromatic carbocycles. The van der Waals surface area contributed by atoms with Gasteiger partial charge in [-0.3, -0.25) is 9.59 Å². The monoisotopic (exact) mass is 283 g/mol. The van der Waals surface area contributed by atoms with Crippen molar-refractivity contribution in [3.8, 4) is 0 Å². The van der Waals surface area contributed by atoms with Crippen molar-refractivity contribution < 1.29 is 19.8 Å². The number of carboxylic acids is 1. The number of amides is 1. The number of aliphatic hydroxyl groups is 1. The van der Waals surface area contributed by atoms with E-state index in [1.54, 1.807) is 4.90 Å². The molecule has 0 spiro atoms. The number of aliphatic hydroxyl groups excluding tert-OH is 1. The Morgan fingerprint density at radius 1 is 1.25 bits per heavy atom. The van der Waals surface area contributed by atoms with Crippen molar-refractivity contribution in [2.75, 3.05) is 13.2 Å². The van der Waals surface area contributed by atoms with Gasteiger partial charge in [-0.25, -0.2) is 0 Å². The summed E-state index contributed by atoms with van der Waals surface area (Å²) < 4.78 is 0. The van der Waals surface area contributed by atoms with Crippen molar-refractivity contribution in [1.29, 1.82) is 0 Å². The summed E-state index contributed by atoms with van der Waals surface area (Å²) in [5, 5.41) is 18.8. The average molecular weight is 283 g/mol. The molecule has 5 atom stereocenters. The van der Waals surface area contributed by atoms with Crippen molar-refractivity contribution >= 4 is 11.9 Å². The van der Waals surface area contributed by atoms with Crippen LogP contribution >= 0.6 is 0 Å². The molecule has 0 aromatic heterocycles. The van der Waals surface area contributed by atoms with Crippen LogP contribution < -0.4 is 0 Å². The summed E-state index contributed by atoms with van der Waals surface area (Å²) in [4.78, 5) is 25.8. The Hall–Kier alpha value is -1.10. The maximum atomic E-state index is 12.7. The van der Waals surface area contributed by atoms with Crippen LogP contribution in [0.3, 0.4) is 0 Å². The van der Waals surface area contributed by atoms with Crippen molar-refractivity contribution in [2.45, 2.75) is 45.6 Å². The minimum absolute atomic E-state index is 0.0332. The minimum Gasteiger partial charge on any atom is -0.481 e. The molecule has 1 saturated carbocycles. The number of hydrogen-bond acceptors (Lipinski definition) is 3. The molecule has 1 aliphatic carbocycles. The molecule has 114 valence electrons. The number of hydrogen-bond donors (Lipinski definition) is 2. The second-order valence-electron chi connectivity index (χ2n) is 6.34. The highest BCUT2D eigenvalue weighted by molar-refractivity contribution is 5.85. The van der Waals surface area contributed by atoms with Crippen LogP contribution in [-0.2, 0) is 9.59 Å². The van der Waals surface area contributed by atoms with Gasteiger partial charge in [0.05, 0.1) is 24.5 Å². The SMILES string of the molecule is CCC1C[C@H](C(=O)N2CCC(C)C2CO)[C@H](C(=O)O)C1. The molecule has 1 amide bonds. The molecule has 20 heavy (non-hydrogen) atoms. The third-order valence-corrected chi connectivity index (χ3v) is 5.22. The standard InChI is InChI=1S/C15H25NO4/c1-3-10-6-11(12(7-10)15(19)20)14(18)16-5-4-9(2)13(16)8-17/h9-13,17H,3-8H2,1-2H3,(H,19,20)/t9?,10?,11-,12+,13?/m0/s1. The van der Waals surface area contributed by atoms with Crippen molar-refractivity contribution in [2.24, 2.45) is 23.7 Å². The zero-order valence-electron chi connectivity index (χ0n) is 12.3. The molecule has 5 heteroatoms. The predicted octanol–water partition coefficient (Wildman–Crippen LogP) is 1.35. The van der Waals surface area contributed by atoms with Crippen LogP contribution in [-0.4, -0.2) is 46.2 Å². The summed E-state index contributed by atoms with van der Waals surface area (Å²) in [6, 6.07) is -0.141. The smallest absolute Gasteiger partial charge is 0.307 e. The molecule has 0 bridgehead atoms. The van der Waals surface area contributed by atoms with E-state index in [2.05, 4.69) is 0 Å². The lowest BCUT2D eigenvalue weighted by molar-refractivity contribution is -0.149. The lowest BCUT2D eigenvalue weighted by Gasteiger charge is -2.29. The molecule has 0 aromatic rings. The highest BCUT2D eigenvalue weighted by atomic mass is 16.4. The number of carboxylic acid groups (broad SMARTS) is 1. The first kappa shape index (κ1) is 15.3. The van der Waals surface area contributed by atoms with E-state index in [1.807, 2.05) is 13.8 Å². The normalized spacial score (nSPS) is 37.4. The quantitative estimate of drug-likeness (QED) is 0.816. The van der Waals surface area contributed by atoms with E-state index in [-0.39, 0.29) is 24.5 Å². The Balaban J connectivity index is 2.13. The molecule has 0 radical (unpaired) electrons. The van der Waals surface area contributed by atoms with E-state index in [1.165, 1.54) is 0 Å². The fourth-order valence-electron chi connectivity index (χ4n) is 3.80. The van der Waals surface area contributed by atoms with Crippen LogP contribution in [0.1, 0.15) is 39.5 Å². The highest BCUT2D eigenvalue weighted by Crippen LogP contribution is 2.40. The lowest BCUT2D eigenvalue weighted by Crippen LogP contribution is -2.44. The van der Waals surface area contributed by atoms with E-state index in [0.29, 0.717) is 25.3 Å². The number of aliphatic carboxylic acids is 1. The zero-order valence-corrected chi connectivity index (χ0v) is 12.3. The molecule has 3 unspecified atom stereocenters. The maximum Gasteiger partial charge on any atom is 0.307 e. The van der Waals surface area contributed by atoms with Crippen molar-refractivity contribution in [3.05, 3.63) is 0 Å². The van der Waals surface area contributed by atoms with Gasteiger partial charge in [0.25, 0.3) is 0 Å². The molecule has 2 rings (SSSR count). The summed E-state index contributed by atoms with van der Waals surface area (Å²) in [7, 11) is 0. The van der Waals surface area contributed by atoms with Gasteiger partial charge in [-0.05, 0) is 31.1 Å². The Morgan fingerprint density at radius 2 is 1.90 bits per heavy atom. The average Bonchev–Trinajstić information content (AvgIpc) is 3.01. The first-order valence-electron chi connectivity index (χ1n) is 7.63. The van der Waals surface area contributed by atoms with E-state index in [0.717, 1.165) is 12.8 Å². The molecule has 2 aliphatic rings. The Labute approximate surface area is 120 Å². The van der Waals surface area contributed by atoms with E-state index in [4.69, 9.17) is 0 Å². The summed E-state index contributed by atoms with van der Waals surface area (Å²) in [5.74, 6) is -1.25. The molecule has 2 N–H and O–H groups in total. The second kappa shape index (κ2) is 6.12. The third-order valence-electron chi connectivity index (χ3n) is 5.22. The van der Waals surface area contributed by atoms with Gasteiger partial charge in [-0.15, -0.1) is 0 Å². The van der Waals surface area contributed by atoms with Crippen molar-refractivity contribution in [3.63, 3.8) is 0 Å². The van der Waals surface area contributed by atoms with Gasteiger partial charge in [0.1, 0.15) is 0 Å². The van der Waals surface area contributed by atoms with Crippen LogP contribution in [0.25, 0.3) is 0 Å². The fraction of sp³-hybridized carbons (Fsp3) is 0.867. The van der Waals surface area contributed by atoms with Gasteiger partial charge < -0.3 is 15.1 Å². The van der Waals surface area contributed by atoms with E-state index >= 15 is 0 Å². The molecule has 2 fully saturated rings. The topological polar surface area (TPSA) is 77.8 Å². The first-order chi connectivity index (χ1) is 9.49. The van der Waals surface area contributed by atoms with Gasteiger partial charge in [-0.1, -0.05) is 20.3 Å². The van der Waals surface area contributed by atoms with E-state index in [9.17, 15) is 19.8 Å². The molecule has 1 saturated heterocycles. The van der Waals surface area contributed by atoms with Crippen molar-refractivity contribution in [1.82, 2.24) is 4.90 Å². The predicted molar refractivity (Wildman–Crippen MR) is 74.0 cm³/mol. The largest absolute Gasteiger partial charge is 0.481 e. The summed E-state index contributed by atoms with van der Waals surface area (Å²) in [5.41, 5.74) is 0. The fourth-order valence-corrected chi connectivity index (χ4v) is 3.80. The zero-order chi connectivity index (χ0) is 14.9. The van der Waals surface area contributed by atoms with Gasteiger partial charge in [-0.2, -0.15) is 0 Å². The Morgan fingerprint density at radius 3 is 2.45 bits per heavy atom. The Kier molecular flexibility index (Phi) is 4.68. The number of nitrogens with zero attached hydrogens (tertiary/aromatic N) is 1. The number of carbonyl (C=O) groups excluding carboxylic acids is 1. The number of rotatable bonds is 4. The van der Waals surface area contributed by atoms with Gasteiger partial charge in [0.2, 0.25) is 5.91 Å². The van der Waals surface area contributed by atoms with E-state index < -0.39 is 17.8 Å². The highest BCUT2D eigenvalue weighted by Gasteiger charge is 2.46. The molecular weight excluding hydrogens is 258 g/mol. The minimum atomic E-state index is -0.855. The van der Waals surface area contributed by atoms with Crippen LogP contribution in [0, 0.1) is 23.7 Å². The second-order valence-corrected chi connectivity index (χ2v) is 6.34. The maximum absolute atomic E-state index is 12.7. The molecule has 5 nitrogen and oxygen atoms in total. The Bertz CT molecular complexity index is 384.